The van der Waals surface area contributed by atoms with Gasteiger partial charge < -0.3 is 0 Å². The van der Waals surface area contributed by atoms with Gasteiger partial charge in [-0.1, -0.05) is 19.1 Å². The quantitative estimate of drug-likeness (QED) is 0.646. The molecule has 0 bridgehead atoms. The molecule has 0 fully saturated rings. The number of rotatable bonds is 2. The predicted molar refractivity (Wildman–Crippen MR) is 50.0 cm³/mol. The average Bonchev–Trinajstić information content (AvgIpc) is 2.05. The van der Waals surface area contributed by atoms with Crippen molar-refractivity contribution in [3.05, 3.63) is 29.8 Å². The van der Waals surface area contributed by atoms with Gasteiger partial charge in [0.25, 0.3) is 0 Å². The van der Waals surface area contributed by atoms with Crippen LogP contribution < -0.4 is 3.94 Å². The Morgan fingerprint density at radius 2 is 1.73 bits per heavy atom. The van der Waals surface area contributed by atoms with E-state index in [9.17, 15) is 0 Å². The maximum Gasteiger partial charge on any atom is 0.0710 e. The van der Waals surface area contributed by atoms with Crippen molar-refractivity contribution < 1.29 is 0 Å². The van der Waals surface area contributed by atoms with E-state index in [0.29, 0.717) is 0 Å². The second kappa shape index (κ2) is 3.84. The van der Waals surface area contributed by atoms with Crippen LogP contribution in [0, 0.1) is 0 Å². The van der Waals surface area contributed by atoms with Gasteiger partial charge in [-0.25, -0.2) is 0 Å². The van der Waals surface area contributed by atoms with Gasteiger partial charge >= 0.3 is 0 Å². The minimum absolute atomic E-state index is 0.797. The maximum absolute atomic E-state index is 5.50. The van der Waals surface area contributed by atoms with E-state index < -0.39 is 0 Å². The van der Waals surface area contributed by atoms with Gasteiger partial charge in [0.2, 0.25) is 0 Å². The highest BCUT2D eigenvalue weighted by atomic mass is 35.5. The van der Waals surface area contributed by atoms with Crippen LogP contribution in [0.25, 0.3) is 0 Å². The third-order valence-electron chi connectivity index (χ3n) is 1.54. The molecule has 0 spiro atoms. The van der Waals surface area contributed by atoms with Crippen molar-refractivity contribution in [1.82, 2.24) is 0 Å². The molecule has 0 aromatic heterocycles. The standard InChI is InChI=1S/C8H9Cl2N/c1-2-7-3-5-8(6-4-7)11(9)10/h3-6H,2H2,1H3. The summed E-state index contributed by atoms with van der Waals surface area (Å²) < 4.78 is 1.06. The summed E-state index contributed by atoms with van der Waals surface area (Å²) in [4.78, 5) is 0. The molecule has 0 radical (unpaired) electrons. The van der Waals surface area contributed by atoms with E-state index in [-0.39, 0.29) is 0 Å². The van der Waals surface area contributed by atoms with E-state index in [1.54, 1.807) is 0 Å². The summed E-state index contributed by atoms with van der Waals surface area (Å²) in [7, 11) is 0. The molecule has 1 aromatic carbocycles. The highest BCUT2D eigenvalue weighted by Crippen LogP contribution is 2.19. The van der Waals surface area contributed by atoms with Gasteiger partial charge in [0.05, 0.1) is 5.69 Å². The zero-order chi connectivity index (χ0) is 8.27. The molecule has 0 atom stereocenters. The Morgan fingerprint density at radius 1 is 1.18 bits per heavy atom. The topological polar surface area (TPSA) is 3.24 Å². The summed E-state index contributed by atoms with van der Waals surface area (Å²) in [5.74, 6) is 0. The number of benzene rings is 1. The molecule has 0 unspecified atom stereocenters. The normalized spacial score (nSPS) is 9.73. The molecular formula is C8H9Cl2N. The Bertz CT molecular complexity index is 218. The molecule has 1 nitrogen and oxygen atoms in total. The van der Waals surface area contributed by atoms with Crippen LogP contribution in [-0.2, 0) is 6.42 Å². The van der Waals surface area contributed by atoms with Crippen molar-refractivity contribution in [2.75, 3.05) is 3.94 Å². The smallest absolute Gasteiger partial charge is 0.0710 e. The van der Waals surface area contributed by atoms with Gasteiger partial charge in [-0.05, 0) is 24.1 Å². The molecule has 0 aliphatic heterocycles. The molecule has 0 saturated heterocycles. The van der Waals surface area contributed by atoms with Crippen LogP contribution in [0.15, 0.2) is 24.3 Å². The van der Waals surface area contributed by atoms with Crippen LogP contribution in [0.4, 0.5) is 5.69 Å². The summed E-state index contributed by atoms with van der Waals surface area (Å²) in [6, 6.07) is 7.79. The van der Waals surface area contributed by atoms with Crippen molar-refractivity contribution in [3.63, 3.8) is 0 Å². The van der Waals surface area contributed by atoms with E-state index in [0.717, 1.165) is 16.0 Å². The predicted octanol–water partition coefficient (Wildman–Crippen LogP) is 3.36. The second-order valence-corrected chi connectivity index (χ2v) is 3.10. The van der Waals surface area contributed by atoms with E-state index in [4.69, 9.17) is 23.6 Å². The van der Waals surface area contributed by atoms with Crippen LogP contribution in [-0.4, -0.2) is 0 Å². The van der Waals surface area contributed by atoms with Gasteiger partial charge in [-0.15, -0.1) is 0 Å². The molecule has 0 heterocycles. The van der Waals surface area contributed by atoms with Gasteiger partial charge in [0, 0.05) is 23.6 Å². The van der Waals surface area contributed by atoms with Crippen LogP contribution in [0.5, 0.6) is 0 Å². The van der Waals surface area contributed by atoms with Crippen molar-refractivity contribution in [3.8, 4) is 0 Å². The third-order valence-corrected chi connectivity index (χ3v) is 1.93. The van der Waals surface area contributed by atoms with Crippen molar-refractivity contribution >= 4 is 29.2 Å². The summed E-state index contributed by atoms with van der Waals surface area (Å²) in [6.07, 6.45) is 1.03. The number of halogens is 2. The summed E-state index contributed by atoms with van der Waals surface area (Å²) in [6.45, 7) is 2.11. The molecule has 3 heteroatoms. The van der Waals surface area contributed by atoms with E-state index in [2.05, 4.69) is 6.92 Å². The molecule has 0 saturated carbocycles. The molecular weight excluding hydrogens is 181 g/mol. The first-order chi connectivity index (χ1) is 5.24. The second-order valence-electron chi connectivity index (χ2n) is 2.25. The van der Waals surface area contributed by atoms with E-state index in [1.165, 1.54) is 5.56 Å². The molecule has 0 aliphatic rings. The Hall–Kier alpha value is -0.400. The SMILES string of the molecule is CCc1ccc(N(Cl)Cl)cc1. The molecule has 11 heavy (non-hydrogen) atoms. The lowest BCUT2D eigenvalue weighted by Gasteiger charge is -2.05. The minimum Gasteiger partial charge on any atom is -0.194 e. The number of nitrogens with zero attached hydrogens (tertiary/aromatic N) is 1. The summed E-state index contributed by atoms with van der Waals surface area (Å²) in [5, 5.41) is 0. The Balaban J connectivity index is 2.83. The fourth-order valence-corrected chi connectivity index (χ4v) is 1.07. The van der Waals surface area contributed by atoms with E-state index in [1.807, 2.05) is 24.3 Å². The van der Waals surface area contributed by atoms with E-state index >= 15 is 0 Å². The van der Waals surface area contributed by atoms with Gasteiger partial charge in [-0.3, -0.25) is 0 Å². The average molecular weight is 190 g/mol. The third kappa shape index (κ3) is 2.28. The van der Waals surface area contributed by atoms with Gasteiger partial charge in [-0.2, -0.15) is 3.94 Å². The zero-order valence-corrected chi connectivity index (χ0v) is 7.73. The monoisotopic (exact) mass is 189 g/mol. The van der Waals surface area contributed by atoms with Crippen LogP contribution >= 0.6 is 23.6 Å². The fraction of sp³-hybridized carbons (Fsp3) is 0.250. The van der Waals surface area contributed by atoms with Crippen molar-refractivity contribution in [2.45, 2.75) is 13.3 Å². The number of aryl methyl sites for hydroxylation is 1. The molecule has 0 N–H and O–H groups in total. The molecule has 0 aliphatic carbocycles. The maximum atomic E-state index is 5.50. The lowest BCUT2D eigenvalue weighted by Crippen LogP contribution is -1.91. The van der Waals surface area contributed by atoms with Crippen molar-refractivity contribution in [1.29, 1.82) is 0 Å². The Labute approximate surface area is 76.8 Å². The molecule has 0 amide bonds. The Morgan fingerprint density at radius 3 is 2.09 bits per heavy atom. The number of hydrogen-bond donors (Lipinski definition) is 0. The van der Waals surface area contributed by atoms with Crippen LogP contribution in [0.3, 0.4) is 0 Å². The summed E-state index contributed by atoms with van der Waals surface area (Å²) >= 11 is 11.0. The lowest BCUT2D eigenvalue weighted by molar-refractivity contribution is 1.14. The number of hydrogen-bond acceptors (Lipinski definition) is 1. The lowest BCUT2D eigenvalue weighted by atomic mass is 10.2. The van der Waals surface area contributed by atoms with Crippen LogP contribution in [0.1, 0.15) is 12.5 Å². The Kier molecular flexibility index (Phi) is 3.03. The largest absolute Gasteiger partial charge is 0.194 e. The first-order valence-electron chi connectivity index (χ1n) is 3.44. The highest BCUT2D eigenvalue weighted by Gasteiger charge is 1.97. The van der Waals surface area contributed by atoms with Crippen LogP contribution in [0.2, 0.25) is 0 Å². The number of anilines is 1. The zero-order valence-electron chi connectivity index (χ0n) is 6.22. The van der Waals surface area contributed by atoms with Gasteiger partial charge in [0.15, 0.2) is 0 Å². The molecule has 60 valence electrons. The van der Waals surface area contributed by atoms with Crippen molar-refractivity contribution in [2.24, 2.45) is 0 Å². The molecule has 1 rings (SSSR count). The first kappa shape index (κ1) is 8.69. The summed E-state index contributed by atoms with van der Waals surface area (Å²) in [5.41, 5.74) is 2.08. The molecule has 1 aromatic rings. The highest BCUT2D eigenvalue weighted by molar-refractivity contribution is 6.49. The van der Waals surface area contributed by atoms with Gasteiger partial charge in [0.1, 0.15) is 0 Å². The minimum atomic E-state index is 0.797. The first-order valence-corrected chi connectivity index (χ1v) is 4.12. The fourth-order valence-electron chi connectivity index (χ4n) is 0.844.